The second kappa shape index (κ2) is 8.20. The van der Waals surface area contributed by atoms with Crippen molar-refractivity contribution in [1.82, 2.24) is 14.5 Å². The standard InChI is InChI=1S/C23H20FN3O2S/c1-15-5-3-4-6-17(15)11-26(2)20(28)12-27-14-25-22-21(23(27)29)19(13-30-22)16-7-9-18(24)10-8-16/h3-10,13-14H,11-12H2,1-2H3. The smallest absolute Gasteiger partial charge is 0.263 e. The lowest BCUT2D eigenvalue weighted by Crippen LogP contribution is -2.33. The van der Waals surface area contributed by atoms with Crippen LogP contribution < -0.4 is 5.56 Å². The number of hydrogen-bond donors (Lipinski definition) is 0. The van der Waals surface area contributed by atoms with Gasteiger partial charge in [-0.3, -0.25) is 14.2 Å². The zero-order valence-corrected chi connectivity index (χ0v) is 17.4. The third kappa shape index (κ3) is 3.89. The average molecular weight is 421 g/mol. The number of rotatable bonds is 5. The van der Waals surface area contributed by atoms with E-state index in [0.29, 0.717) is 22.3 Å². The molecule has 30 heavy (non-hydrogen) atoms. The average Bonchev–Trinajstić information content (AvgIpc) is 3.17. The predicted octanol–water partition coefficient (Wildman–Crippen LogP) is 4.23. The second-order valence-corrected chi connectivity index (χ2v) is 8.05. The highest BCUT2D eigenvalue weighted by Gasteiger charge is 2.17. The van der Waals surface area contributed by atoms with Gasteiger partial charge < -0.3 is 4.90 Å². The van der Waals surface area contributed by atoms with Crippen molar-refractivity contribution in [2.75, 3.05) is 7.05 Å². The van der Waals surface area contributed by atoms with Crippen molar-refractivity contribution in [2.24, 2.45) is 0 Å². The Bertz CT molecular complexity index is 1280. The molecule has 0 unspecified atom stereocenters. The van der Waals surface area contributed by atoms with Crippen LogP contribution in [0.3, 0.4) is 0 Å². The maximum atomic E-state index is 13.3. The van der Waals surface area contributed by atoms with Gasteiger partial charge in [-0.05, 0) is 35.7 Å². The molecule has 0 aliphatic rings. The molecule has 0 N–H and O–H groups in total. The molecule has 0 aliphatic heterocycles. The zero-order valence-electron chi connectivity index (χ0n) is 16.6. The molecule has 4 rings (SSSR count). The van der Waals surface area contributed by atoms with Gasteiger partial charge in [0.2, 0.25) is 5.91 Å². The minimum absolute atomic E-state index is 0.0944. The number of carbonyl (C=O) groups is 1. The van der Waals surface area contributed by atoms with Gasteiger partial charge in [-0.2, -0.15) is 0 Å². The summed E-state index contributed by atoms with van der Waals surface area (Å²) in [6.45, 7) is 2.38. The molecule has 0 atom stereocenters. The van der Waals surface area contributed by atoms with Gasteiger partial charge in [0.1, 0.15) is 17.2 Å². The van der Waals surface area contributed by atoms with Crippen LogP contribution in [0.2, 0.25) is 0 Å². The molecule has 0 saturated carbocycles. The number of halogens is 1. The van der Waals surface area contributed by atoms with Gasteiger partial charge in [0.05, 0.1) is 11.7 Å². The maximum Gasteiger partial charge on any atom is 0.263 e. The summed E-state index contributed by atoms with van der Waals surface area (Å²) in [6.07, 6.45) is 1.41. The van der Waals surface area contributed by atoms with E-state index in [2.05, 4.69) is 4.98 Å². The Kier molecular flexibility index (Phi) is 5.46. The third-order valence-electron chi connectivity index (χ3n) is 5.12. The molecule has 1 amide bonds. The lowest BCUT2D eigenvalue weighted by Gasteiger charge is -2.19. The van der Waals surface area contributed by atoms with E-state index in [0.717, 1.165) is 16.7 Å². The number of hydrogen-bond acceptors (Lipinski definition) is 4. The number of aromatic nitrogens is 2. The number of likely N-dealkylation sites (N-methyl/N-ethyl adjacent to an activating group) is 1. The van der Waals surface area contributed by atoms with Crippen LogP contribution in [-0.2, 0) is 17.9 Å². The molecular weight excluding hydrogens is 401 g/mol. The lowest BCUT2D eigenvalue weighted by atomic mass is 10.1. The summed E-state index contributed by atoms with van der Waals surface area (Å²) in [4.78, 5) is 32.4. The molecule has 2 aromatic carbocycles. The zero-order chi connectivity index (χ0) is 21.3. The van der Waals surface area contributed by atoms with E-state index in [1.54, 1.807) is 24.1 Å². The van der Waals surface area contributed by atoms with E-state index in [-0.39, 0.29) is 23.8 Å². The number of fused-ring (bicyclic) bond motifs is 1. The number of thiophene rings is 1. The summed E-state index contributed by atoms with van der Waals surface area (Å²) in [5.41, 5.74) is 3.33. The lowest BCUT2D eigenvalue weighted by molar-refractivity contribution is -0.131. The topological polar surface area (TPSA) is 55.2 Å². The van der Waals surface area contributed by atoms with Crippen LogP contribution in [-0.4, -0.2) is 27.4 Å². The van der Waals surface area contributed by atoms with Gasteiger partial charge in [0.25, 0.3) is 5.56 Å². The van der Waals surface area contributed by atoms with Gasteiger partial charge in [-0.25, -0.2) is 9.37 Å². The molecule has 4 aromatic rings. The summed E-state index contributed by atoms with van der Waals surface area (Å²) in [6, 6.07) is 13.9. The summed E-state index contributed by atoms with van der Waals surface area (Å²) in [5, 5.41) is 2.28. The highest BCUT2D eigenvalue weighted by Crippen LogP contribution is 2.30. The molecule has 0 fully saturated rings. The van der Waals surface area contributed by atoms with Crippen molar-refractivity contribution in [3.63, 3.8) is 0 Å². The Balaban J connectivity index is 1.61. The highest BCUT2D eigenvalue weighted by atomic mass is 32.1. The molecule has 2 heterocycles. The van der Waals surface area contributed by atoms with Gasteiger partial charge in [-0.15, -0.1) is 11.3 Å². The monoisotopic (exact) mass is 421 g/mol. The minimum Gasteiger partial charge on any atom is -0.340 e. The molecule has 7 heteroatoms. The second-order valence-electron chi connectivity index (χ2n) is 7.19. The molecule has 0 saturated heterocycles. The van der Waals surface area contributed by atoms with E-state index in [1.807, 2.05) is 36.6 Å². The van der Waals surface area contributed by atoms with E-state index in [9.17, 15) is 14.0 Å². The Morgan fingerprint density at radius 3 is 2.63 bits per heavy atom. The quantitative estimate of drug-likeness (QED) is 0.485. The van der Waals surface area contributed by atoms with Crippen molar-refractivity contribution in [3.8, 4) is 11.1 Å². The highest BCUT2D eigenvalue weighted by molar-refractivity contribution is 7.17. The van der Waals surface area contributed by atoms with Crippen LogP contribution in [0.25, 0.3) is 21.3 Å². The van der Waals surface area contributed by atoms with Crippen molar-refractivity contribution >= 4 is 27.5 Å². The first-order valence-corrected chi connectivity index (χ1v) is 10.3. The van der Waals surface area contributed by atoms with Crippen LogP contribution in [0, 0.1) is 12.7 Å². The Morgan fingerprint density at radius 1 is 1.17 bits per heavy atom. The van der Waals surface area contributed by atoms with Gasteiger partial charge in [-0.1, -0.05) is 36.4 Å². The number of aryl methyl sites for hydroxylation is 1. The fraction of sp³-hybridized carbons (Fsp3) is 0.174. The Labute approximate surface area is 177 Å². The fourth-order valence-corrected chi connectivity index (χ4v) is 4.23. The summed E-state index contributed by atoms with van der Waals surface area (Å²) < 4.78 is 14.6. The molecule has 0 aliphatic carbocycles. The SMILES string of the molecule is Cc1ccccc1CN(C)C(=O)Cn1cnc2scc(-c3ccc(F)cc3)c2c1=O. The van der Waals surface area contributed by atoms with Crippen LogP contribution >= 0.6 is 11.3 Å². The van der Waals surface area contributed by atoms with Crippen LogP contribution in [0.4, 0.5) is 4.39 Å². The first-order valence-electron chi connectivity index (χ1n) is 9.45. The number of amides is 1. The molecule has 0 bridgehead atoms. The van der Waals surface area contributed by atoms with E-state index in [4.69, 9.17) is 0 Å². The van der Waals surface area contributed by atoms with Gasteiger partial charge >= 0.3 is 0 Å². The third-order valence-corrected chi connectivity index (χ3v) is 6.00. The summed E-state index contributed by atoms with van der Waals surface area (Å²) in [7, 11) is 1.72. The first-order chi connectivity index (χ1) is 14.4. The Morgan fingerprint density at radius 2 is 1.90 bits per heavy atom. The number of carbonyl (C=O) groups excluding carboxylic acids is 1. The van der Waals surface area contributed by atoms with Crippen LogP contribution in [0.1, 0.15) is 11.1 Å². The molecule has 5 nitrogen and oxygen atoms in total. The molecule has 2 aromatic heterocycles. The van der Waals surface area contributed by atoms with Gasteiger partial charge in [0, 0.05) is 24.5 Å². The predicted molar refractivity (Wildman–Crippen MR) is 117 cm³/mol. The van der Waals surface area contributed by atoms with E-state index >= 15 is 0 Å². The largest absolute Gasteiger partial charge is 0.340 e. The Hall–Kier alpha value is -3.32. The summed E-state index contributed by atoms with van der Waals surface area (Å²) in [5.74, 6) is -0.517. The van der Waals surface area contributed by atoms with Crippen LogP contribution in [0.15, 0.2) is 65.0 Å². The normalized spacial score (nSPS) is 11.0. The number of benzene rings is 2. The molecular formula is C23H20FN3O2S. The van der Waals surface area contributed by atoms with Crippen molar-refractivity contribution in [1.29, 1.82) is 0 Å². The summed E-state index contributed by atoms with van der Waals surface area (Å²) >= 11 is 1.35. The maximum absolute atomic E-state index is 13.3. The van der Waals surface area contributed by atoms with Crippen molar-refractivity contribution in [2.45, 2.75) is 20.0 Å². The molecule has 0 radical (unpaired) electrons. The van der Waals surface area contributed by atoms with E-state index in [1.165, 1.54) is 34.4 Å². The van der Waals surface area contributed by atoms with Crippen molar-refractivity contribution in [3.05, 3.63) is 87.5 Å². The van der Waals surface area contributed by atoms with Crippen LogP contribution in [0.5, 0.6) is 0 Å². The first kappa shape index (κ1) is 20.0. The fourth-order valence-electron chi connectivity index (χ4n) is 3.32. The van der Waals surface area contributed by atoms with E-state index < -0.39 is 0 Å². The van der Waals surface area contributed by atoms with Crippen molar-refractivity contribution < 1.29 is 9.18 Å². The van der Waals surface area contributed by atoms with Gasteiger partial charge in [0.15, 0.2) is 0 Å². The minimum atomic E-state index is -0.337. The number of nitrogens with zero attached hydrogens (tertiary/aromatic N) is 3. The molecule has 0 spiro atoms. The molecule has 152 valence electrons.